The summed E-state index contributed by atoms with van der Waals surface area (Å²) in [7, 11) is 0. The van der Waals surface area contributed by atoms with E-state index < -0.39 is 0 Å². The van der Waals surface area contributed by atoms with Gasteiger partial charge in [0.1, 0.15) is 0 Å². The Morgan fingerprint density at radius 1 is 1.17 bits per heavy atom. The Labute approximate surface area is 174 Å². The lowest BCUT2D eigenvalue weighted by atomic mass is 10.0. The van der Waals surface area contributed by atoms with Gasteiger partial charge in [-0.3, -0.25) is 4.79 Å². The first-order valence-corrected chi connectivity index (χ1v) is 9.64. The average molecular weight is 429 g/mol. The standard InChI is InChI=1S/C18H14Cl2N8O/c1-9-4-11(12-8-21-15-6-14(20)26-27(15)16(9)12)18(29)25-10-5-13(19)17(22-7-10)28-23-2-3-24-28/h2-3,5-9,11H,4H2,1H3,(H,25,29)/t9?,11-/m1/s1. The summed E-state index contributed by atoms with van der Waals surface area (Å²) in [6, 6.07) is 3.32. The van der Waals surface area contributed by atoms with Crippen molar-refractivity contribution in [3.63, 3.8) is 0 Å². The molecule has 5 rings (SSSR count). The van der Waals surface area contributed by atoms with Crippen LogP contribution in [0.1, 0.15) is 36.4 Å². The summed E-state index contributed by atoms with van der Waals surface area (Å²) in [6.45, 7) is 2.06. The van der Waals surface area contributed by atoms with Gasteiger partial charge in [0.15, 0.2) is 16.6 Å². The number of hydrogen-bond acceptors (Lipinski definition) is 6. The Morgan fingerprint density at radius 3 is 2.72 bits per heavy atom. The van der Waals surface area contributed by atoms with Crippen LogP contribution >= 0.6 is 23.2 Å². The maximum Gasteiger partial charge on any atom is 0.232 e. The average Bonchev–Trinajstić information content (AvgIpc) is 3.40. The molecular formula is C18H14Cl2N8O. The number of carbonyl (C=O) groups excluding carboxylic acids is 1. The van der Waals surface area contributed by atoms with Crippen LogP contribution in [0.15, 0.2) is 36.9 Å². The van der Waals surface area contributed by atoms with Crippen LogP contribution in [0.2, 0.25) is 10.2 Å². The van der Waals surface area contributed by atoms with Gasteiger partial charge in [0.25, 0.3) is 0 Å². The quantitative estimate of drug-likeness (QED) is 0.537. The number of anilines is 1. The van der Waals surface area contributed by atoms with E-state index in [0.717, 1.165) is 11.3 Å². The van der Waals surface area contributed by atoms with Gasteiger partial charge in [-0.2, -0.15) is 15.3 Å². The first kappa shape index (κ1) is 18.0. The number of fused-ring (bicyclic) bond motifs is 3. The molecule has 0 spiro atoms. The fourth-order valence-corrected chi connectivity index (χ4v) is 4.15. The molecule has 0 fully saturated rings. The molecule has 9 nitrogen and oxygen atoms in total. The number of nitrogens with one attached hydrogen (secondary N) is 1. The highest BCUT2D eigenvalue weighted by molar-refractivity contribution is 6.32. The second-order valence-electron chi connectivity index (χ2n) is 6.86. The van der Waals surface area contributed by atoms with Crippen LogP contribution in [-0.4, -0.2) is 40.5 Å². The number of halogens is 2. The zero-order chi connectivity index (χ0) is 20.1. The molecule has 11 heteroatoms. The predicted molar refractivity (Wildman–Crippen MR) is 107 cm³/mol. The fraction of sp³-hybridized carbons (Fsp3) is 0.222. The molecule has 2 atom stereocenters. The maximum atomic E-state index is 13.0. The monoisotopic (exact) mass is 428 g/mol. The molecule has 0 bridgehead atoms. The van der Waals surface area contributed by atoms with Crippen LogP contribution < -0.4 is 5.32 Å². The third-order valence-corrected chi connectivity index (χ3v) is 5.43. The van der Waals surface area contributed by atoms with E-state index in [1.54, 1.807) is 22.8 Å². The Bertz CT molecular complexity index is 1240. The van der Waals surface area contributed by atoms with E-state index in [9.17, 15) is 4.79 Å². The summed E-state index contributed by atoms with van der Waals surface area (Å²) in [5, 5.41) is 15.9. The molecule has 146 valence electrons. The lowest BCUT2D eigenvalue weighted by molar-refractivity contribution is -0.117. The second kappa shape index (κ2) is 6.78. The minimum Gasteiger partial charge on any atom is -0.324 e. The van der Waals surface area contributed by atoms with E-state index >= 15 is 0 Å². The van der Waals surface area contributed by atoms with Crippen LogP contribution in [0.5, 0.6) is 0 Å². The number of hydrogen-bond donors (Lipinski definition) is 1. The molecule has 29 heavy (non-hydrogen) atoms. The molecule has 1 aliphatic rings. The lowest BCUT2D eigenvalue weighted by Gasteiger charge is -2.13. The number of rotatable bonds is 3. The van der Waals surface area contributed by atoms with Crippen molar-refractivity contribution in [1.82, 2.24) is 34.6 Å². The van der Waals surface area contributed by atoms with Gasteiger partial charge in [-0.15, -0.1) is 4.80 Å². The largest absolute Gasteiger partial charge is 0.324 e. The van der Waals surface area contributed by atoms with E-state index in [2.05, 4.69) is 37.5 Å². The number of nitrogens with zero attached hydrogens (tertiary/aromatic N) is 7. The summed E-state index contributed by atoms with van der Waals surface area (Å²) in [4.78, 5) is 22.9. The molecule has 0 saturated heterocycles. The number of amides is 1. The minimum atomic E-state index is -0.355. The van der Waals surface area contributed by atoms with Crippen molar-refractivity contribution >= 4 is 40.4 Å². The Morgan fingerprint density at radius 2 is 1.97 bits per heavy atom. The van der Waals surface area contributed by atoms with Crippen LogP contribution in [0.3, 0.4) is 0 Å². The van der Waals surface area contributed by atoms with Crippen LogP contribution in [0.4, 0.5) is 5.69 Å². The SMILES string of the molecule is CC1C[C@@H](C(=O)Nc2cnc(-n3nccn3)c(Cl)c2)c2cnc3cc(Cl)nn3c21. The summed E-state index contributed by atoms with van der Waals surface area (Å²) in [5.74, 6) is 0.0118. The Kier molecular flexibility index (Phi) is 4.21. The van der Waals surface area contributed by atoms with E-state index in [-0.39, 0.29) is 17.7 Å². The normalized spacial score (nSPS) is 18.2. The molecule has 0 aromatic carbocycles. The highest BCUT2D eigenvalue weighted by atomic mass is 35.5. The van der Waals surface area contributed by atoms with E-state index in [0.29, 0.717) is 33.7 Å². The van der Waals surface area contributed by atoms with Gasteiger partial charge in [0.2, 0.25) is 5.91 Å². The van der Waals surface area contributed by atoms with Gasteiger partial charge in [0.05, 0.1) is 40.9 Å². The number of carbonyl (C=O) groups is 1. The topological polar surface area (TPSA) is 103 Å². The van der Waals surface area contributed by atoms with Crippen molar-refractivity contribution in [2.24, 2.45) is 0 Å². The minimum absolute atomic E-state index is 0.136. The Balaban J connectivity index is 1.43. The third kappa shape index (κ3) is 3.02. The van der Waals surface area contributed by atoms with Crippen molar-refractivity contribution in [1.29, 1.82) is 0 Å². The van der Waals surface area contributed by atoms with Crippen molar-refractivity contribution < 1.29 is 4.79 Å². The van der Waals surface area contributed by atoms with Crippen LogP contribution in [-0.2, 0) is 4.79 Å². The van der Waals surface area contributed by atoms with E-state index in [1.165, 1.54) is 23.4 Å². The zero-order valence-electron chi connectivity index (χ0n) is 15.1. The molecule has 4 heterocycles. The molecule has 0 radical (unpaired) electrons. The molecule has 4 aromatic rings. The fourth-order valence-electron chi connectivity index (χ4n) is 3.74. The molecule has 1 N–H and O–H groups in total. The first-order chi connectivity index (χ1) is 14.0. The zero-order valence-corrected chi connectivity index (χ0v) is 16.6. The van der Waals surface area contributed by atoms with E-state index in [1.807, 2.05) is 0 Å². The number of pyridine rings is 1. The predicted octanol–water partition coefficient (Wildman–Crippen LogP) is 3.24. The van der Waals surface area contributed by atoms with E-state index in [4.69, 9.17) is 23.2 Å². The van der Waals surface area contributed by atoms with Gasteiger partial charge in [0, 0.05) is 17.8 Å². The highest BCUT2D eigenvalue weighted by Crippen LogP contribution is 2.42. The highest BCUT2D eigenvalue weighted by Gasteiger charge is 2.36. The van der Waals surface area contributed by atoms with Gasteiger partial charge in [-0.05, 0) is 18.4 Å². The molecule has 0 saturated carbocycles. The molecular weight excluding hydrogens is 415 g/mol. The second-order valence-corrected chi connectivity index (χ2v) is 7.66. The van der Waals surface area contributed by atoms with Crippen molar-refractivity contribution in [3.8, 4) is 5.82 Å². The van der Waals surface area contributed by atoms with Gasteiger partial charge in [-0.1, -0.05) is 30.1 Å². The van der Waals surface area contributed by atoms with Gasteiger partial charge in [-0.25, -0.2) is 14.5 Å². The van der Waals surface area contributed by atoms with Crippen molar-refractivity contribution in [3.05, 3.63) is 58.4 Å². The molecule has 0 aliphatic heterocycles. The molecule has 1 amide bonds. The van der Waals surface area contributed by atoms with Gasteiger partial charge >= 0.3 is 0 Å². The van der Waals surface area contributed by atoms with Gasteiger partial charge < -0.3 is 5.32 Å². The summed E-state index contributed by atoms with van der Waals surface area (Å²) in [6.07, 6.45) is 6.97. The summed E-state index contributed by atoms with van der Waals surface area (Å²) >= 11 is 12.3. The molecule has 4 aromatic heterocycles. The maximum absolute atomic E-state index is 13.0. The summed E-state index contributed by atoms with van der Waals surface area (Å²) < 4.78 is 1.72. The third-order valence-electron chi connectivity index (χ3n) is 4.97. The van der Waals surface area contributed by atoms with Crippen molar-refractivity contribution in [2.45, 2.75) is 25.2 Å². The first-order valence-electron chi connectivity index (χ1n) is 8.88. The van der Waals surface area contributed by atoms with Crippen LogP contribution in [0, 0.1) is 0 Å². The molecule has 1 aliphatic carbocycles. The molecule has 1 unspecified atom stereocenters. The lowest BCUT2D eigenvalue weighted by Crippen LogP contribution is -2.20. The number of aromatic nitrogens is 7. The van der Waals surface area contributed by atoms with Crippen molar-refractivity contribution in [2.75, 3.05) is 5.32 Å². The summed E-state index contributed by atoms with van der Waals surface area (Å²) in [5.41, 5.74) is 2.96. The Hall–Kier alpha value is -3.04. The van der Waals surface area contributed by atoms with Crippen LogP contribution in [0.25, 0.3) is 11.5 Å². The smallest absolute Gasteiger partial charge is 0.232 e.